The fraction of sp³-hybridized carbons (Fsp3) is 0.357. The van der Waals surface area contributed by atoms with Gasteiger partial charge in [0.25, 0.3) is 0 Å². The highest BCUT2D eigenvalue weighted by Gasteiger charge is 2.39. The van der Waals surface area contributed by atoms with Crippen molar-refractivity contribution in [3.05, 3.63) is 35.0 Å². The van der Waals surface area contributed by atoms with Crippen LogP contribution in [0.4, 0.5) is 13.2 Å². The summed E-state index contributed by atoms with van der Waals surface area (Å²) in [4.78, 5) is 11.6. The van der Waals surface area contributed by atoms with Crippen LogP contribution in [0.2, 0.25) is 0 Å². The molecule has 19 heavy (non-hydrogen) atoms. The average Bonchev–Trinajstić information content (AvgIpc) is 2.62. The number of hydrogen-bond acceptors (Lipinski definition) is 1. The van der Waals surface area contributed by atoms with E-state index >= 15 is 0 Å². The Hall–Kier alpha value is -1.78. The fourth-order valence-corrected chi connectivity index (χ4v) is 2.40. The summed E-state index contributed by atoms with van der Waals surface area (Å²) in [6.07, 6.45) is -3.83. The van der Waals surface area contributed by atoms with Crippen LogP contribution in [0.3, 0.4) is 0 Å². The molecule has 0 fully saturated rings. The highest BCUT2D eigenvalue weighted by Crippen LogP contribution is 2.38. The molecule has 1 heterocycles. The first-order chi connectivity index (χ1) is 8.77. The van der Waals surface area contributed by atoms with Crippen molar-refractivity contribution < 1.29 is 18.0 Å². The molecule has 0 bridgehead atoms. The van der Waals surface area contributed by atoms with E-state index in [0.717, 1.165) is 10.1 Å². The SMILES string of the molecule is CCc1ccc2c(c1)c(C(C)=O)c(C(F)(F)F)n2C. The molecule has 0 saturated heterocycles. The lowest BCUT2D eigenvalue weighted by Crippen LogP contribution is -2.15. The van der Waals surface area contributed by atoms with Crippen molar-refractivity contribution in [1.82, 2.24) is 4.57 Å². The molecule has 0 amide bonds. The number of fused-ring (bicyclic) bond motifs is 1. The summed E-state index contributed by atoms with van der Waals surface area (Å²) in [7, 11) is 1.34. The van der Waals surface area contributed by atoms with E-state index in [1.54, 1.807) is 18.2 Å². The first-order valence-electron chi connectivity index (χ1n) is 5.96. The van der Waals surface area contributed by atoms with E-state index in [4.69, 9.17) is 0 Å². The number of aromatic nitrogens is 1. The molecule has 0 saturated carbocycles. The Labute approximate surface area is 108 Å². The quantitative estimate of drug-likeness (QED) is 0.756. The van der Waals surface area contributed by atoms with Gasteiger partial charge in [0.2, 0.25) is 0 Å². The third kappa shape index (κ3) is 2.13. The van der Waals surface area contributed by atoms with Gasteiger partial charge in [-0.2, -0.15) is 13.2 Å². The number of carbonyl (C=O) groups is 1. The lowest BCUT2D eigenvalue weighted by Gasteiger charge is -2.09. The van der Waals surface area contributed by atoms with Crippen LogP contribution in [0.1, 0.15) is 35.5 Å². The van der Waals surface area contributed by atoms with Gasteiger partial charge in [-0.15, -0.1) is 0 Å². The number of nitrogens with zero attached hydrogens (tertiary/aromatic N) is 1. The van der Waals surface area contributed by atoms with Gasteiger partial charge in [0, 0.05) is 18.0 Å². The average molecular weight is 269 g/mol. The number of halogens is 3. The number of carbonyl (C=O) groups excluding carboxylic acids is 1. The van der Waals surface area contributed by atoms with Crippen molar-refractivity contribution in [2.45, 2.75) is 26.4 Å². The number of alkyl halides is 3. The summed E-state index contributed by atoms with van der Waals surface area (Å²) < 4.78 is 40.4. The van der Waals surface area contributed by atoms with E-state index in [2.05, 4.69) is 0 Å². The number of aryl methyl sites for hydroxylation is 2. The predicted molar refractivity (Wildman–Crippen MR) is 67.3 cm³/mol. The molecule has 0 aliphatic rings. The van der Waals surface area contributed by atoms with E-state index in [1.165, 1.54) is 14.0 Å². The van der Waals surface area contributed by atoms with Crippen molar-refractivity contribution in [2.24, 2.45) is 7.05 Å². The first-order valence-corrected chi connectivity index (χ1v) is 5.96. The van der Waals surface area contributed by atoms with E-state index in [0.29, 0.717) is 17.3 Å². The van der Waals surface area contributed by atoms with E-state index < -0.39 is 17.7 Å². The normalized spacial score (nSPS) is 12.1. The molecule has 0 aliphatic heterocycles. The van der Waals surface area contributed by atoms with E-state index in [9.17, 15) is 18.0 Å². The van der Waals surface area contributed by atoms with Gasteiger partial charge in [-0.1, -0.05) is 13.0 Å². The van der Waals surface area contributed by atoms with Crippen LogP contribution in [0.5, 0.6) is 0 Å². The first kappa shape index (κ1) is 13.6. The van der Waals surface area contributed by atoms with Crippen LogP contribution in [0.15, 0.2) is 18.2 Å². The number of Topliss-reactive ketones (excluding diaryl/α,β-unsaturated/α-hetero) is 1. The van der Waals surface area contributed by atoms with Crippen LogP contribution in [0.25, 0.3) is 10.9 Å². The standard InChI is InChI=1S/C14H14F3NO/c1-4-9-5-6-11-10(7-9)12(8(2)19)13(18(11)3)14(15,16)17/h5-7H,4H2,1-3H3. The molecule has 0 N–H and O–H groups in total. The highest BCUT2D eigenvalue weighted by atomic mass is 19.4. The maximum absolute atomic E-state index is 13.1. The lowest BCUT2D eigenvalue weighted by molar-refractivity contribution is -0.143. The summed E-state index contributed by atoms with van der Waals surface area (Å²) in [5.74, 6) is -0.564. The molecule has 0 unspecified atom stereocenters. The van der Waals surface area contributed by atoms with Crippen molar-refractivity contribution in [3.8, 4) is 0 Å². The molecule has 1 aromatic carbocycles. The largest absolute Gasteiger partial charge is 0.432 e. The van der Waals surface area contributed by atoms with Crippen molar-refractivity contribution in [3.63, 3.8) is 0 Å². The lowest BCUT2D eigenvalue weighted by atomic mass is 10.0. The van der Waals surface area contributed by atoms with Gasteiger partial charge < -0.3 is 4.57 Å². The zero-order valence-corrected chi connectivity index (χ0v) is 10.9. The molecular formula is C14H14F3NO. The summed E-state index contributed by atoms with van der Waals surface area (Å²) >= 11 is 0. The van der Waals surface area contributed by atoms with Gasteiger partial charge in [0.05, 0.1) is 5.56 Å². The van der Waals surface area contributed by atoms with Gasteiger partial charge in [-0.3, -0.25) is 4.79 Å². The van der Waals surface area contributed by atoms with Gasteiger partial charge >= 0.3 is 6.18 Å². The molecule has 0 spiro atoms. The van der Waals surface area contributed by atoms with Crippen LogP contribution < -0.4 is 0 Å². The van der Waals surface area contributed by atoms with Crippen LogP contribution in [-0.2, 0) is 19.6 Å². The predicted octanol–water partition coefficient (Wildman–Crippen LogP) is 3.96. The van der Waals surface area contributed by atoms with E-state index in [-0.39, 0.29) is 5.56 Å². The zero-order chi connectivity index (χ0) is 14.4. The van der Waals surface area contributed by atoms with Crippen molar-refractivity contribution >= 4 is 16.7 Å². The molecule has 1 aromatic heterocycles. The van der Waals surface area contributed by atoms with Gasteiger partial charge in [-0.25, -0.2) is 0 Å². The Morgan fingerprint density at radius 2 is 1.95 bits per heavy atom. The molecule has 0 radical (unpaired) electrons. The smallest absolute Gasteiger partial charge is 0.339 e. The Kier molecular flexibility index (Phi) is 3.16. The second kappa shape index (κ2) is 4.40. The van der Waals surface area contributed by atoms with Gasteiger partial charge in [-0.05, 0) is 31.0 Å². The molecule has 102 valence electrons. The second-order valence-corrected chi connectivity index (χ2v) is 4.54. The minimum atomic E-state index is -4.54. The monoisotopic (exact) mass is 269 g/mol. The van der Waals surface area contributed by atoms with Gasteiger partial charge in [0.15, 0.2) is 5.78 Å². The molecule has 2 nitrogen and oxygen atoms in total. The Balaban J connectivity index is 2.93. The maximum Gasteiger partial charge on any atom is 0.432 e. The minimum absolute atomic E-state index is 0.236. The van der Waals surface area contributed by atoms with Crippen molar-refractivity contribution in [2.75, 3.05) is 0 Å². The van der Waals surface area contributed by atoms with Crippen LogP contribution in [0, 0.1) is 0 Å². The summed E-state index contributed by atoms with van der Waals surface area (Å²) in [6, 6.07) is 5.09. The maximum atomic E-state index is 13.1. The Morgan fingerprint density at radius 3 is 2.42 bits per heavy atom. The molecule has 2 aromatic rings. The van der Waals surface area contributed by atoms with Crippen LogP contribution in [-0.4, -0.2) is 10.4 Å². The molecule has 0 atom stereocenters. The van der Waals surface area contributed by atoms with Crippen molar-refractivity contribution in [1.29, 1.82) is 0 Å². The highest BCUT2D eigenvalue weighted by molar-refractivity contribution is 6.08. The van der Waals surface area contributed by atoms with E-state index in [1.807, 2.05) is 6.92 Å². The summed E-state index contributed by atoms with van der Waals surface area (Å²) in [5.41, 5.74) is 0.229. The Morgan fingerprint density at radius 1 is 1.32 bits per heavy atom. The molecular weight excluding hydrogens is 255 g/mol. The third-order valence-electron chi connectivity index (χ3n) is 3.29. The zero-order valence-electron chi connectivity index (χ0n) is 10.9. The molecule has 2 rings (SSSR count). The summed E-state index contributed by atoms with van der Waals surface area (Å²) in [6.45, 7) is 3.09. The number of hydrogen-bond donors (Lipinski definition) is 0. The molecule has 5 heteroatoms. The Bertz CT molecular complexity index is 653. The second-order valence-electron chi connectivity index (χ2n) is 4.54. The van der Waals surface area contributed by atoms with Gasteiger partial charge in [0.1, 0.15) is 5.69 Å². The molecule has 0 aliphatic carbocycles. The number of ketones is 1. The number of benzene rings is 1. The number of rotatable bonds is 2. The fourth-order valence-electron chi connectivity index (χ4n) is 2.40. The van der Waals surface area contributed by atoms with Crippen LogP contribution >= 0.6 is 0 Å². The topological polar surface area (TPSA) is 22.0 Å². The third-order valence-corrected chi connectivity index (χ3v) is 3.29. The minimum Gasteiger partial charge on any atom is -0.339 e. The summed E-state index contributed by atoms with van der Waals surface area (Å²) in [5, 5.41) is 0.377.